The van der Waals surface area contributed by atoms with Gasteiger partial charge in [0.05, 0.1) is 18.3 Å². The largest absolute Gasteiger partial charge is 0.335 e. The summed E-state index contributed by atoms with van der Waals surface area (Å²) in [5, 5.41) is 0. The van der Waals surface area contributed by atoms with Crippen LogP contribution in [0.4, 0.5) is 0 Å². The first-order valence-electron chi connectivity index (χ1n) is 5.95. The topological polar surface area (TPSA) is 61.7 Å². The van der Waals surface area contributed by atoms with Crippen molar-refractivity contribution in [2.24, 2.45) is 5.73 Å². The average molecular weight is 233 g/mol. The van der Waals surface area contributed by atoms with Gasteiger partial charge in [-0.15, -0.1) is 0 Å². The van der Waals surface area contributed by atoms with Crippen molar-refractivity contribution < 1.29 is 0 Å². The summed E-state index contributed by atoms with van der Waals surface area (Å²) in [7, 11) is 0. The van der Waals surface area contributed by atoms with Gasteiger partial charge in [-0.25, -0.2) is 9.97 Å². The predicted octanol–water partition coefficient (Wildman–Crippen LogP) is 1.75. The van der Waals surface area contributed by atoms with Crippen molar-refractivity contribution in [2.75, 3.05) is 0 Å². The van der Waals surface area contributed by atoms with Crippen LogP contribution in [0.1, 0.15) is 38.0 Å². The van der Waals surface area contributed by atoms with Gasteiger partial charge in [-0.2, -0.15) is 0 Å². The lowest BCUT2D eigenvalue weighted by atomic mass is 10.1. The van der Waals surface area contributed by atoms with Gasteiger partial charge in [0, 0.05) is 37.2 Å². The second-order valence-corrected chi connectivity index (χ2v) is 4.35. The maximum absolute atomic E-state index is 6.07. The molecule has 0 aromatic carbocycles. The quantitative estimate of drug-likeness (QED) is 0.855. The molecule has 2 atom stereocenters. The highest BCUT2D eigenvalue weighted by Gasteiger charge is 2.14. The molecular weight excluding hydrogens is 214 g/mol. The van der Waals surface area contributed by atoms with Crippen LogP contribution < -0.4 is 5.73 Å². The van der Waals surface area contributed by atoms with Crippen LogP contribution in [-0.2, 0) is 6.54 Å². The fraction of sp³-hybridized carbons (Fsp3) is 0.500. The van der Waals surface area contributed by atoms with Gasteiger partial charge in [0.2, 0.25) is 0 Å². The van der Waals surface area contributed by atoms with Crippen LogP contribution in [0.3, 0.4) is 0 Å². The molecule has 17 heavy (non-hydrogen) atoms. The highest BCUT2D eigenvalue weighted by molar-refractivity contribution is 5.05. The molecule has 2 N–H and O–H groups in total. The highest BCUT2D eigenvalue weighted by atomic mass is 15.1. The number of imidazole rings is 2. The van der Waals surface area contributed by atoms with Gasteiger partial charge in [0.15, 0.2) is 0 Å². The van der Waals surface area contributed by atoms with Gasteiger partial charge in [-0.3, -0.25) is 0 Å². The number of aromatic nitrogens is 4. The third-order valence-electron chi connectivity index (χ3n) is 3.02. The molecule has 2 aromatic heterocycles. The van der Waals surface area contributed by atoms with Gasteiger partial charge in [0.25, 0.3) is 0 Å². The smallest absolute Gasteiger partial charge is 0.0951 e. The van der Waals surface area contributed by atoms with E-state index in [2.05, 4.69) is 32.9 Å². The van der Waals surface area contributed by atoms with Crippen molar-refractivity contribution >= 4 is 0 Å². The van der Waals surface area contributed by atoms with Crippen molar-refractivity contribution in [3.05, 3.63) is 36.9 Å². The van der Waals surface area contributed by atoms with E-state index < -0.39 is 0 Å². The van der Waals surface area contributed by atoms with E-state index in [9.17, 15) is 0 Å². The lowest BCUT2D eigenvalue weighted by Crippen LogP contribution is -2.19. The minimum atomic E-state index is 0.0581. The van der Waals surface area contributed by atoms with E-state index in [0.717, 1.165) is 18.7 Å². The second kappa shape index (κ2) is 5.14. The Labute approximate surface area is 101 Å². The van der Waals surface area contributed by atoms with Crippen LogP contribution in [0, 0.1) is 0 Å². The SMILES string of the molecule is CC[C@@H](N)c1cncn1C(C)Cn1ccnc1. The van der Waals surface area contributed by atoms with Crippen LogP contribution in [-0.4, -0.2) is 19.1 Å². The summed E-state index contributed by atoms with van der Waals surface area (Å²) in [4.78, 5) is 8.24. The first-order valence-corrected chi connectivity index (χ1v) is 5.95. The van der Waals surface area contributed by atoms with Crippen molar-refractivity contribution in [1.82, 2.24) is 19.1 Å². The minimum absolute atomic E-state index is 0.0581. The third-order valence-corrected chi connectivity index (χ3v) is 3.02. The van der Waals surface area contributed by atoms with Gasteiger partial charge < -0.3 is 14.9 Å². The van der Waals surface area contributed by atoms with Gasteiger partial charge in [-0.05, 0) is 13.3 Å². The Morgan fingerprint density at radius 3 is 2.82 bits per heavy atom. The fourth-order valence-corrected chi connectivity index (χ4v) is 1.97. The Hall–Kier alpha value is -1.62. The van der Waals surface area contributed by atoms with E-state index in [4.69, 9.17) is 5.73 Å². The summed E-state index contributed by atoms with van der Waals surface area (Å²) in [6.07, 6.45) is 10.2. The number of rotatable bonds is 5. The zero-order valence-corrected chi connectivity index (χ0v) is 10.3. The molecule has 0 aliphatic rings. The van der Waals surface area contributed by atoms with Crippen LogP contribution in [0.5, 0.6) is 0 Å². The Kier molecular flexibility index (Phi) is 3.58. The van der Waals surface area contributed by atoms with Crippen molar-refractivity contribution in [2.45, 2.75) is 38.9 Å². The number of hydrogen-bond acceptors (Lipinski definition) is 3. The molecule has 5 nitrogen and oxygen atoms in total. The Bertz CT molecular complexity index is 445. The summed E-state index contributed by atoms with van der Waals surface area (Å²) >= 11 is 0. The maximum atomic E-state index is 6.07. The monoisotopic (exact) mass is 233 g/mol. The summed E-state index contributed by atoms with van der Waals surface area (Å²) in [5.74, 6) is 0. The number of nitrogens with zero attached hydrogens (tertiary/aromatic N) is 4. The average Bonchev–Trinajstić information content (AvgIpc) is 2.97. The molecule has 0 spiro atoms. The molecule has 2 rings (SSSR count). The maximum Gasteiger partial charge on any atom is 0.0951 e. The standard InChI is InChI=1S/C12H19N5/c1-3-11(13)12-6-15-9-17(12)10(2)7-16-5-4-14-8-16/h4-6,8-11H,3,7,13H2,1-2H3/t10?,11-/m1/s1. The molecule has 0 saturated heterocycles. The highest BCUT2D eigenvalue weighted by Crippen LogP contribution is 2.18. The molecule has 1 unspecified atom stereocenters. The molecule has 0 amide bonds. The Morgan fingerprint density at radius 1 is 1.35 bits per heavy atom. The summed E-state index contributed by atoms with van der Waals surface area (Å²) in [6.45, 7) is 5.12. The van der Waals surface area contributed by atoms with Gasteiger partial charge in [0.1, 0.15) is 0 Å². The van der Waals surface area contributed by atoms with E-state index in [1.165, 1.54) is 0 Å². The molecule has 0 bridgehead atoms. The first kappa shape index (κ1) is 11.9. The summed E-state index contributed by atoms with van der Waals surface area (Å²) < 4.78 is 4.21. The van der Waals surface area contributed by atoms with Crippen LogP contribution in [0.25, 0.3) is 0 Å². The van der Waals surface area contributed by atoms with E-state index in [0.29, 0.717) is 6.04 Å². The first-order chi connectivity index (χ1) is 8.22. The molecule has 5 heteroatoms. The Morgan fingerprint density at radius 2 is 2.18 bits per heavy atom. The summed E-state index contributed by atoms with van der Waals surface area (Å²) in [5.41, 5.74) is 7.17. The molecular formula is C12H19N5. The van der Waals surface area contributed by atoms with Crippen LogP contribution in [0.15, 0.2) is 31.2 Å². The molecule has 0 aliphatic heterocycles. The lowest BCUT2D eigenvalue weighted by Gasteiger charge is -2.19. The van der Waals surface area contributed by atoms with E-state index >= 15 is 0 Å². The van der Waals surface area contributed by atoms with Crippen molar-refractivity contribution in [3.63, 3.8) is 0 Å². The predicted molar refractivity (Wildman–Crippen MR) is 66.4 cm³/mol. The van der Waals surface area contributed by atoms with Crippen LogP contribution in [0.2, 0.25) is 0 Å². The fourth-order valence-electron chi connectivity index (χ4n) is 1.97. The molecule has 0 radical (unpaired) electrons. The number of nitrogens with two attached hydrogens (primary N) is 1. The van der Waals surface area contributed by atoms with E-state index in [1.807, 2.05) is 25.0 Å². The van der Waals surface area contributed by atoms with E-state index in [-0.39, 0.29) is 6.04 Å². The zero-order valence-electron chi connectivity index (χ0n) is 10.3. The van der Waals surface area contributed by atoms with Gasteiger partial charge >= 0.3 is 0 Å². The summed E-state index contributed by atoms with van der Waals surface area (Å²) in [6, 6.07) is 0.377. The molecule has 92 valence electrons. The molecule has 0 saturated carbocycles. The lowest BCUT2D eigenvalue weighted by molar-refractivity contribution is 0.439. The third kappa shape index (κ3) is 2.55. The zero-order chi connectivity index (χ0) is 12.3. The molecule has 2 aromatic rings. The van der Waals surface area contributed by atoms with Crippen molar-refractivity contribution in [3.8, 4) is 0 Å². The van der Waals surface area contributed by atoms with E-state index in [1.54, 1.807) is 6.20 Å². The molecule has 2 heterocycles. The molecule has 0 fully saturated rings. The Balaban J connectivity index is 2.14. The normalized spacial score (nSPS) is 14.8. The van der Waals surface area contributed by atoms with Crippen molar-refractivity contribution in [1.29, 1.82) is 0 Å². The van der Waals surface area contributed by atoms with Gasteiger partial charge in [-0.1, -0.05) is 6.92 Å². The number of hydrogen-bond donors (Lipinski definition) is 1. The second-order valence-electron chi connectivity index (χ2n) is 4.35. The van der Waals surface area contributed by atoms with Crippen LogP contribution >= 0.6 is 0 Å². The molecule has 0 aliphatic carbocycles. The minimum Gasteiger partial charge on any atom is -0.335 e.